The molecule has 1 fully saturated rings. The first-order chi connectivity index (χ1) is 15.0. The van der Waals surface area contributed by atoms with Gasteiger partial charge in [-0.3, -0.25) is 0 Å². The number of pyridine rings is 1. The summed E-state index contributed by atoms with van der Waals surface area (Å²) in [5.74, 6) is 1.23. The third-order valence-corrected chi connectivity index (χ3v) is 6.99. The van der Waals surface area contributed by atoms with Crippen molar-refractivity contribution in [3.63, 3.8) is 0 Å². The van der Waals surface area contributed by atoms with Crippen molar-refractivity contribution in [1.29, 1.82) is 0 Å². The number of hydrogen-bond donors (Lipinski definition) is 3. The van der Waals surface area contributed by atoms with Crippen LogP contribution in [0.2, 0.25) is 0 Å². The SMILES string of the molecule is CC(C)C(C)NCc1cc(Cc2nc3cccnc3s2)nc(NC2CCC(O)CC2)n1. The Hall–Kier alpha value is -2.16. The predicted molar refractivity (Wildman–Crippen MR) is 125 cm³/mol. The van der Waals surface area contributed by atoms with Gasteiger partial charge in [0.15, 0.2) is 0 Å². The third-order valence-electron chi connectivity index (χ3n) is 6.01. The number of thiazole rings is 1. The summed E-state index contributed by atoms with van der Waals surface area (Å²) in [6.45, 7) is 7.34. The average Bonchev–Trinajstić information content (AvgIpc) is 3.15. The topological polar surface area (TPSA) is 95.9 Å². The lowest BCUT2D eigenvalue weighted by atomic mass is 9.93. The Morgan fingerprint density at radius 2 is 1.87 bits per heavy atom. The monoisotopic (exact) mass is 440 g/mol. The summed E-state index contributed by atoms with van der Waals surface area (Å²) in [4.78, 5) is 19.7. The quantitative estimate of drug-likeness (QED) is 0.488. The molecule has 1 aliphatic rings. The van der Waals surface area contributed by atoms with Crippen molar-refractivity contribution in [2.75, 3.05) is 5.32 Å². The van der Waals surface area contributed by atoms with Gasteiger partial charge in [-0.15, -0.1) is 0 Å². The fourth-order valence-electron chi connectivity index (χ4n) is 3.75. The fourth-order valence-corrected chi connectivity index (χ4v) is 4.67. The number of anilines is 1. The molecule has 3 aromatic heterocycles. The molecule has 7 nitrogen and oxygen atoms in total. The lowest BCUT2D eigenvalue weighted by molar-refractivity contribution is 0.126. The highest BCUT2D eigenvalue weighted by molar-refractivity contribution is 7.18. The van der Waals surface area contributed by atoms with E-state index in [0.717, 1.165) is 52.4 Å². The number of rotatable bonds is 8. The van der Waals surface area contributed by atoms with Crippen molar-refractivity contribution in [3.8, 4) is 0 Å². The van der Waals surface area contributed by atoms with E-state index in [2.05, 4.69) is 42.5 Å². The van der Waals surface area contributed by atoms with Crippen LogP contribution in [0.25, 0.3) is 10.3 Å². The highest BCUT2D eigenvalue weighted by Crippen LogP contribution is 2.24. The van der Waals surface area contributed by atoms with E-state index in [1.54, 1.807) is 17.5 Å². The van der Waals surface area contributed by atoms with Crippen molar-refractivity contribution in [2.45, 2.75) is 77.6 Å². The molecule has 1 atom stereocenters. The van der Waals surface area contributed by atoms with Crippen LogP contribution < -0.4 is 10.6 Å². The van der Waals surface area contributed by atoms with Gasteiger partial charge >= 0.3 is 0 Å². The molecular weight excluding hydrogens is 408 g/mol. The first-order valence-electron chi connectivity index (χ1n) is 11.2. The lowest BCUT2D eigenvalue weighted by Gasteiger charge is -2.26. The summed E-state index contributed by atoms with van der Waals surface area (Å²) in [5, 5.41) is 17.9. The number of aliphatic hydroxyl groups is 1. The van der Waals surface area contributed by atoms with Crippen LogP contribution in [0.15, 0.2) is 24.4 Å². The minimum Gasteiger partial charge on any atom is -0.393 e. The Balaban J connectivity index is 1.53. The lowest BCUT2D eigenvalue weighted by Crippen LogP contribution is -2.31. The number of hydrogen-bond acceptors (Lipinski definition) is 8. The molecule has 8 heteroatoms. The largest absolute Gasteiger partial charge is 0.393 e. The molecule has 1 aliphatic carbocycles. The third kappa shape index (κ3) is 5.96. The second-order valence-corrected chi connectivity index (χ2v) is 9.91. The van der Waals surface area contributed by atoms with Gasteiger partial charge in [-0.25, -0.2) is 19.9 Å². The van der Waals surface area contributed by atoms with E-state index in [9.17, 15) is 5.11 Å². The molecule has 0 spiro atoms. The molecule has 3 N–H and O–H groups in total. The molecule has 1 unspecified atom stereocenters. The van der Waals surface area contributed by atoms with Crippen molar-refractivity contribution < 1.29 is 5.11 Å². The van der Waals surface area contributed by atoms with Crippen molar-refractivity contribution >= 4 is 27.6 Å². The molecule has 0 saturated heterocycles. The van der Waals surface area contributed by atoms with Crippen LogP contribution in [0, 0.1) is 5.92 Å². The maximum Gasteiger partial charge on any atom is 0.223 e. The zero-order valence-electron chi connectivity index (χ0n) is 18.5. The number of aliphatic hydroxyl groups excluding tert-OH is 1. The molecule has 0 aromatic carbocycles. The van der Waals surface area contributed by atoms with Gasteiger partial charge < -0.3 is 15.7 Å². The molecule has 1 saturated carbocycles. The first kappa shape index (κ1) is 22.0. The first-order valence-corrected chi connectivity index (χ1v) is 12.0. The molecule has 3 aromatic rings. The van der Waals surface area contributed by atoms with Crippen LogP contribution in [-0.4, -0.2) is 43.2 Å². The fraction of sp³-hybridized carbons (Fsp3) is 0.565. The Kier molecular flexibility index (Phi) is 7.09. The maximum atomic E-state index is 9.79. The van der Waals surface area contributed by atoms with E-state index < -0.39 is 0 Å². The second kappa shape index (κ2) is 9.97. The Morgan fingerprint density at radius 1 is 1.10 bits per heavy atom. The van der Waals surface area contributed by atoms with E-state index in [-0.39, 0.29) is 6.10 Å². The zero-order valence-corrected chi connectivity index (χ0v) is 19.3. The van der Waals surface area contributed by atoms with Gasteiger partial charge in [0.1, 0.15) is 15.4 Å². The molecule has 4 rings (SSSR count). The van der Waals surface area contributed by atoms with E-state index in [0.29, 0.717) is 36.9 Å². The van der Waals surface area contributed by atoms with Gasteiger partial charge in [-0.05, 0) is 56.7 Å². The van der Waals surface area contributed by atoms with Crippen molar-refractivity contribution in [3.05, 3.63) is 40.8 Å². The zero-order chi connectivity index (χ0) is 21.8. The van der Waals surface area contributed by atoms with Gasteiger partial charge in [-0.2, -0.15) is 0 Å². The summed E-state index contributed by atoms with van der Waals surface area (Å²) >= 11 is 1.62. The minimum atomic E-state index is -0.171. The van der Waals surface area contributed by atoms with Crippen molar-refractivity contribution in [2.24, 2.45) is 5.92 Å². The Bertz CT molecular complexity index is 966. The molecule has 31 heavy (non-hydrogen) atoms. The normalized spacial score (nSPS) is 20.3. The molecule has 166 valence electrons. The standard InChI is InChI=1S/C23H32N6OS/c1-14(2)15(3)25-13-18-11-17(12-21-29-20-5-4-10-24-22(20)31-21)27-23(28-18)26-16-6-8-19(30)9-7-16/h4-5,10-11,14-16,19,25,30H,6-9,12-13H2,1-3H3,(H,26,27,28). The van der Waals surface area contributed by atoms with Crippen LogP contribution in [0.3, 0.4) is 0 Å². The summed E-state index contributed by atoms with van der Waals surface area (Å²) in [6.07, 6.45) is 5.83. The second-order valence-electron chi connectivity index (χ2n) is 8.85. The van der Waals surface area contributed by atoms with E-state index in [4.69, 9.17) is 15.0 Å². The summed E-state index contributed by atoms with van der Waals surface area (Å²) in [6, 6.07) is 6.70. The minimum absolute atomic E-state index is 0.171. The number of nitrogens with one attached hydrogen (secondary N) is 2. The predicted octanol–water partition coefficient (Wildman–Crippen LogP) is 3.92. The van der Waals surface area contributed by atoms with E-state index >= 15 is 0 Å². The summed E-state index contributed by atoms with van der Waals surface area (Å²) in [7, 11) is 0. The smallest absolute Gasteiger partial charge is 0.223 e. The molecule has 0 radical (unpaired) electrons. The van der Waals surface area contributed by atoms with Gasteiger partial charge in [0.2, 0.25) is 5.95 Å². The average molecular weight is 441 g/mol. The van der Waals surface area contributed by atoms with Crippen LogP contribution in [0.4, 0.5) is 5.95 Å². The maximum absolute atomic E-state index is 9.79. The number of nitrogens with zero attached hydrogens (tertiary/aromatic N) is 4. The van der Waals surface area contributed by atoms with Crippen molar-refractivity contribution in [1.82, 2.24) is 25.3 Å². The molecule has 0 amide bonds. The van der Waals surface area contributed by atoms with Gasteiger partial charge in [0, 0.05) is 31.2 Å². The molecule has 3 heterocycles. The van der Waals surface area contributed by atoms with Crippen LogP contribution in [-0.2, 0) is 13.0 Å². The Labute approximate surface area is 187 Å². The van der Waals surface area contributed by atoms with Gasteiger partial charge in [0.05, 0.1) is 17.5 Å². The van der Waals surface area contributed by atoms with Crippen LogP contribution >= 0.6 is 11.3 Å². The van der Waals surface area contributed by atoms with Gasteiger partial charge in [-0.1, -0.05) is 25.2 Å². The summed E-state index contributed by atoms with van der Waals surface area (Å²) < 4.78 is 0. The number of aromatic nitrogens is 4. The summed E-state index contributed by atoms with van der Waals surface area (Å²) in [5.41, 5.74) is 2.87. The highest BCUT2D eigenvalue weighted by Gasteiger charge is 2.20. The van der Waals surface area contributed by atoms with E-state index in [1.807, 2.05) is 12.1 Å². The van der Waals surface area contributed by atoms with Gasteiger partial charge in [0.25, 0.3) is 0 Å². The van der Waals surface area contributed by atoms with E-state index in [1.165, 1.54) is 0 Å². The molecular formula is C23H32N6OS. The Morgan fingerprint density at radius 3 is 2.61 bits per heavy atom. The van der Waals surface area contributed by atoms with Crippen LogP contribution in [0.5, 0.6) is 0 Å². The number of fused-ring (bicyclic) bond motifs is 1. The molecule has 0 aliphatic heterocycles. The molecule has 0 bridgehead atoms. The van der Waals surface area contributed by atoms with Crippen LogP contribution in [0.1, 0.15) is 62.8 Å². The highest BCUT2D eigenvalue weighted by atomic mass is 32.1.